The van der Waals surface area contributed by atoms with Gasteiger partial charge in [-0.1, -0.05) is 0 Å². The fourth-order valence-electron chi connectivity index (χ4n) is 4.83. The molecule has 3 rings (SSSR count). The molecule has 16 N–H and O–H groups in total. The van der Waals surface area contributed by atoms with E-state index >= 15 is 0 Å². The molecule has 1 aromatic rings. The minimum absolute atomic E-state index is 0.0703. The van der Waals surface area contributed by atoms with E-state index in [0.717, 1.165) is 15.5 Å². The molecule has 2 aliphatic heterocycles. The number of aliphatic carboxylic acids is 5. The molecule has 2 fully saturated rings. The van der Waals surface area contributed by atoms with Gasteiger partial charge in [0.2, 0.25) is 5.79 Å². The van der Waals surface area contributed by atoms with Gasteiger partial charge in [-0.3, -0.25) is 33.8 Å². The highest BCUT2D eigenvalue weighted by Gasteiger charge is 2.58. The molecule has 0 amide bonds. The summed E-state index contributed by atoms with van der Waals surface area (Å²) in [7, 11) is 0. The van der Waals surface area contributed by atoms with Gasteiger partial charge in [-0.15, -0.1) is 0 Å². The number of imidazole rings is 1. The molecule has 0 aromatic carbocycles. The SMILES string of the molecule is N[C@@H](Cc1cnc[nH]1)C(=O)O.O=C(O)CN(CCN(CC(=O)O)CC(=O)O)CC(=O)O.OC[C@H]1O[C@@](CO)(O[C@H]2O[C@H](CO)[C@@H](O)[C@H](O)[C@H]2O)[C@@H](O)[C@@H]1O. The Labute approximate surface area is 304 Å². The van der Waals surface area contributed by atoms with Crippen molar-refractivity contribution in [1.82, 2.24) is 19.8 Å². The fraction of sp³-hybridized carbons (Fsp3) is 0.714. The number of hydrogen-bond acceptors (Lipinski definition) is 20. The molecule has 0 aliphatic carbocycles. The number of aliphatic hydroxyl groups is 8. The summed E-state index contributed by atoms with van der Waals surface area (Å²) in [5.74, 6) is -8.13. The second kappa shape index (κ2) is 23.0. The summed E-state index contributed by atoms with van der Waals surface area (Å²) < 4.78 is 15.4. The van der Waals surface area contributed by atoms with Gasteiger partial charge in [0.1, 0.15) is 55.4 Å². The first-order valence-electron chi connectivity index (χ1n) is 15.7. The molecule has 0 spiro atoms. The number of ether oxygens (including phenoxy) is 3. The van der Waals surface area contributed by atoms with Crippen LogP contribution in [0.1, 0.15) is 5.69 Å². The standard InChI is InChI=1S/C12H22O11.C10H16N2O8.C6H9N3O2/c13-1-4-6(16)8(18)9(19)11(21-4)23-12(3-15)10(20)7(17)5(2-14)22-12;13-7(14)3-11(4-8(15)16)1-2-12(5-9(17)18)6-10(19)20;7-5(6(10)11)1-4-2-8-3-9-4/h4-11,13-20H,1-3H2;1-6H2,(H,13,14)(H,15,16)(H,17,18)(H,19,20);2-3,5H,1,7H2,(H,8,9)(H,10,11)/t4-,5-,6-,7-,8+,9-,10+,11-,12+;;5-/m1.0/s1. The van der Waals surface area contributed by atoms with Crippen molar-refractivity contribution in [3.63, 3.8) is 0 Å². The number of carbonyl (C=O) groups is 5. The maximum absolute atomic E-state index is 10.6. The number of carboxylic acids is 5. The van der Waals surface area contributed by atoms with E-state index in [9.17, 15) is 54.6 Å². The van der Waals surface area contributed by atoms with Crippen LogP contribution in [0.3, 0.4) is 0 Å². The summed E-state index contributed by atoms with van der Waals surface area (Å²) in [5, 5.41) is 120. The van der Waals surface area contributed by atoms with Gasteiger partial charge in [0.05, 0.1) is 45.7 Å². The Balaban J connectivity index is 0.000000429. The molecule has 0 bridgehead atoms. The van der Waals surface area contributed by atoms with Gasteiger partial charge in [-0.25, -0.2) is 4.98 Å². The van der Waals surface area contributed by atoms with Crippen molar-refractivity contribution in [2.24, 2.45) is 5.73 Å². The minimum atomic E-state index is -2.22. The summed E-state index contributed by atoms with van der Waals surface area (Å²) in [6.45, 7) is -4.57. The van der Waals surface area contributed by atoms with E-state index < -0.39 is 137 Å². The maximum Gasteiger partial charge on any atom is 0.320 e. The Morgan fingerprint density at radius 1 is 0.778 bits per heavy atom. The fourth-order valence-corrected chi connectivity index (χ4v) is 4.83. The molecular weight excluding hydrogens is 742 g/mol. The Hall–Kier alpha value is -4.00. The topological polar surface area (TPSA) is 437 Å². The number of nitrogens with two attached hydrogens (primary N) is 1. The first kappa shape index (κ1) is 48.0. The van der Waals surface area contributed by atoms with Crippen LogP contribution in [0.15, 0.2) is 12.5 Å². The monoisotopic (exact) mass is 789 g/mol. The highest BCUT2D eigenvalue weighted by atomic mass is 16.8. The summed E-state index contributed by atoms with van der Waals surface area (Å²) in [4.78, 5) is 61.1. The zero-order chi connectivity index (χ0) is 41.3. The number of hydrogen-bond donors (Lipinski definition) is 15. The highest BCUT2D eigenvalue weighted by molar-refractivity contribution is 5.74. The summed E-state index contributed by atoms with van der Waals surface area (Å²) in [5.41, 5.74) is 6.00. The van der Waals surface area contributed by atoms with Crippen molar-refractivity contribution in [3.05, 3.63) is 18.2 Å². The van der Waals surface area contributed by atoms with E-state index in [1.807, 2.05) is 0 Å². The smallest absolute Gasteiger partial charge is 0.320 e. The van der Waals surface area contributed by atoms with E-state index in [2.05, 4.69) is 9.97 Å². The number of carboxylic acid groups (broad SMARTS) is 5. The molecule has 10 atom stereocenters. The van der Waals surface area contributed by atoms with Crippen molar-refractivity contribution < 1.29 is 105 Å². The molecule has 26 nitrogen and oxygen atoms in total. The van der Waals surface area contributed by atoms with Crippen molar-refractivity contribution >= 4 is 29.8 Å². The van der Waals surface area contributed by atoms with Crippen molar-refractivity contribution in [2.75, 3.05) is 59.1 Å². The second-order valence-corrected chi connectivity index (χ2v) is 11.8. The first-order valence-corrected chi connectivity index (χ1v) is 15.7. The van der Waals surface area contributed by atoms with Crippen LogP contribution in [0.25, 0.3) is 0 Å². The maximum atomic E-state index is 10.6. The van der Waals surface area contributed by atoms with E-state index in [0.29, 0.717) is 0 Å². The quantitative estimate of drug-likeness (QED) is 0.0619. The van der Waals surface area contributed by atoms with Crippen molar-refractivity contribution in [3.8, 4) is 0 Å². The third kappa shape index (κ3) is 15.4. The number of nitrogens with one attached hydrogen (secondary N) is 1. The Kier molecular flexibility index (Phi) is 20.5. The van der Waals surface area contributed by atoms with Crippen LogP contribution in [0.2, 0.25) is 0 Å². The van der Waals surface area contributed by atoms with Gasteiger partial charge < -0.3 is 91.3 Å². The normalized spacial score (nSPS) is 28.4. The average molecular weight is 790 g/mol. The molecule has 3 heterocycles. The van der Waals surface area contributed by atoms with Gasteiger partial charge in [0.25, 0.3) is 0 Å². The third-order valence-corrected chi connectivity index (χ3v) is 7.55. The van der Waals surface area contributed by atoms with Crippen LogP contribution in [-0.4, -0.2) is 236 Å². The predicted octanol–water partition coefficient (Wildman–Crippen LogP) is -8.10. The first-order chi connectivity index (χ1) is 25.2. The van der Waals surface area contributed by atoms with Gasteiger partial charge in [0, 0.05) is 31.4 Å². The molecule has 2 saturated heterocycles. The molecule has 54 heavy (non-hydrogen) atoms. The summed E-state index contributed by atoms with van der Waals surface area (Å²) >= 11 is 0. The van der Waals surface area contributed by atoms with Gasteiger partial charge in [-0.2, -0.15) is 0 Å². The minimum Gasteiger partial charge on any atom is -0.480 e. The Morgan fingerprint density at radius 3 is 1.61 bits per heavy atom. The Bertz CT molecular complexity index is 1260. The van der Waals surface area contributed by atoms with Crippen LogP contribution < -0.4 is 5.73 Å². The average Bonchev–Trinajstić information content (AvgIpc) is 3.69. The lowest BCUT2D eigenvalue weighted by molar-refractivity contribution is -0.383. The molecule has 26 heteroatoms. The molecule has 0 saturated carbocycles. The Morgan fingerprint density at radius 2 is 1.26 bits per heavy atom. The highest BCUT2D eigenvalue weighted by Crippen LogP contribution is 2.35. The van der Waals surface area contributed by atoms with Crippen LogP contribution in [0.4, 0.5) is 0 Å². The lowest BCUT2D eigenvalue weighted by atomic mass is 9.99. The van der Waals surface area contributed by atoms with Gasteiger partial charge >= 0.3 is 29.8 Å². The molecule has 0 unspecified atom stereocenters. The van der Waals surface area contributed by atoms with E-state index in [4.69, 9.17) is 55.7 Å². The summed E-state index contributed by atoms with van der Waals surface area (Å²) in [6, 6.07) is -0.851. The lowest BCUT2D eigenvalue weighted by Crippen LogP contribution is -2.62. The van der Waals surface area contributed by atoms with Crippen molar-refractivity contribution in [1.29, 1.82) is 0 Å². The van der Waals surface area contributed by atoms with Crippen LogP contribution in [0, 0.1) is 0 Å². The molecule has 1 aromatic heterocycles. The van der Waals surface area contributed by atoms with Crippen LogP contribution in [-0.2, 0) is 44.6 Å². The molecule has 0 radical (unpaired) electrons. The molecule has 310 valence electrons. The summed E-state index contributed by atoms with van der Waals surface area (Å²) in [6.07, 6.45) is -9.32. The van der Waals surface area contributed by atoms with Gasteiger partial charge in [-0.05, 0) is 0 Å². The number of rotatable bonds is 19. The lowest BCUT2D eigenvalue weighted by Gasteiger charge is -2.43. The third-order valence-electron chi connectivity index (χ3n) is 7.55. The predicted molar refractivity (Wildman–Crippen MR) is 170 cm³/mol. The molecular formula is C28H47N5O21. The van der Waals surface area contributed by atoms with E-state index in [-0.39, 0.29) is 19.5 Å². The number of aliphatic hydroxyl groups excluding tert-OH is 8. The number of aromatic nitrogens is 2. The second-order valence-electron chi connectivity index (χ2n) is 11.8. The molecule has 2 aliphatic rings. The zero-order valence-corrected chi connectivity index (χ0v) is 28.4. The zero-order valence-electron chi connectivity index (χ0n) is 28.4. The van der Waals surface area contributed by atoms with Gasteiger partial charge in [0.15, 0.2) is 6.29 Å². The van der Waals surface area contributed by atoms with E-state index in [1.54, 1.807) is 6.20 Å². The number of aromatic amines is 1. The largest absolute Gasteiger partial charge is 0.480 e. The number of H-pyrrole nitrogens is 1. The van der Waals surface area contributed by atoms with Crippen LogP contribution in [0.5, 0.6) is 0 Å². The van der Waals surface area contributed by atoms with E-state index in [1.165, 1.54) is 6.33 Å². The van der Waals surface area contributed by atoms with Crippen LogP contribution >= 0.6 is 0 Å². The van der Waals surface area contributed by atoms with Crippen molar-refractivity contribution in [2.45, 2.75) is 67.3 Å². The number of nitrogens with zero attached hydrogens (tertiary/aromatic N) is 3.